The lowest BCUT2D eigenvalue weighted by Crippen LogP contribution is -2.03. The van der Waals surface area contributed by atoms with Gasteiger partial charge in [-0.25, -0.2) is 4.68 Å². The molecule has 18 heavy (non-hydrogen) atoms. The first-order valence-electron chi connectivity index (χ1n) is 5.43. The molecule has 0 amide bonds. The Balaban J connectivity index is 2.20. The summed E-state index contributed by atoms with van der Waals surface area (Å²) >= 11 is 0. The molecule has 0 fully saturated rings. The highest BCUT2D eigenvalue weighted by atomic mass is 16.6. The Bertz CT molecular complexity index is 553. The molecule has 0 radical (unpaired) electrons. The van der Waals surface area contributed by atoms with E-state index in [2.05, 4.69) is 10.3 Å². The van der Waals surface area contributed by atoms with Gasteiger partial charge in [-0.1, -0.05) is 23.4 Å². The number of aliphatic hydroxyl groups excluding tert-OH is 1. The minimum Gasteiger partial charge on any atom is -0.396 e. The van der Waals surface area contributed by atoms with E-state index in [-0.39, 0.29) is 18.8 Å². The van der Waals surface area contributed by atoms with Gasteiger partial charge < -0.3 is 5.11 Å². The van der Waals surface area contributed by atoms with Crippen LogP contribution in [0.4, 0.5) is 5.69 Å². The minimum atomic E-state index is -0.416. The van der Waals surface area contributed by atoms with E-state index in [0.717, 1.165) is 0 Å². The molecule has 1 aromatic heterocycles. The highest BCUT2D eigenvalue weighted by Crippen LogP contribution is 2.18. The molecule has 7 heteroatoms. The van der Waals surface area contributed by atoms with Crippen LogP contribution in [0.3, 0.4) is 0 Å². The van der Waals surface area contributed by atoms with Gasteiger partial charge in [-0.2, -0.15) is 0 Å². The van der Waals surface area contributed by atoms with E-state index in [1.807, 2.05) is 0 Å². The van der Waals surface area contributed by atoms with Crippen LogP contribution in [0.5, 0.6) is 0 Å². The first-order chi connectivity index (χ1) is 8.70. The molecular weight excluding hydrogens is 236 g/mol. The van der Waals surface area contributed by atoms with Crippen LogP contribution in [0.25, 0.3) is 0 Å². The molecule has 1 heterocycles. The van der Waals surface area contributed by atoms with E-state index in [0.29, 0.717) is 17.7 Å². The fourth-order valence-corrected chi connectivity index (χ4v) is 1.64. The molecule has 0 saturated heterocycles. The molecule has 1 aromatic carbocycles. The van der Waals surface area contributed by atoms with E-state index in [1.54, 1.807) is 24.4 Å². The van der Waals surface area contributed by atoms with Gasteiger partial charge in [0, 0.05) is 25.3 Å². The summed E-state index contributed by atoms with van der Waals surface area (Å²) in [5.74, 6) is 0. The Labute approximate surface area is 103 Å². The molecule has 0 unspecified atom stereocenters. The van der Waals surface area contributed by atoms with Gasteiger partial charge in [0.1, 0.15) is 0 Å². The van der Waals surface area contributed by atoms with Crippen molar-refractivity contribution in [2.45, 2.75) is 13.0 Å². The molecule has 7 nitrogen and oxygen atoms in total. The quantitative estimate of drug-likeness (QED) is 0.623. The molecular formula is C11H12N4O3. The van der Waals surface area contributed by atoms with Crippen LogP contribution in [-0.2, 0) is 13.0 Å². The zero-order chi connectivity index (χ0) is 13.0. The van der Waals surface area contributed by atoms with Crippen molar-refractivity contribution >= 4 is 5.69 Å². The molecule has 94 valence electrons. The summed E-state index contributed by atoms with van der Waals surface area (Å²) in [5.41, 5.74) is 1.30. The summed E-state index contributed by atoms with van der Waals surface area (Å²) in [5, 5.41) is 27.3. The Morgan fingerprint density at radius 1 is 1.39 bits per heavy atom. The molecule has 0 saturated carbocycles. The van der Waals surface area contributed by atoms with Crippen molar-refractivity contribution in [2.75, 3.05) is 6.61 Å². The van der Waals surface area contributed by atoms with Crippen LogP contribution in [-0.4, -0.2) is 31.6 Å². The van der Waals surface area contributed by atoms with E-state index < -0.39 is 4.92 Å². The van der Waals surface area contributed by atoms with Crippen molar-refractivity contribution in [3.8, 4) is 0 Å². The van der Waals surface area contributed by atoms with Crippen molar-refractivity contribution in [3.05, 3.63) is 51.8 Å². The predicted octanol–water partition coefficient (Wildman–Crippen LogP) is 0.769. The first-order valence-corrected chi connectivity index (χ1v) is 5.43. The van der Waals surface area contributed by atoms with Crippen molar-refractivity contribution in [1.82, 2.24) is 15.0 Å². The largest absolute Gasteiger partial charge is 0.396 e. The molecule has 0 aliphatic rings. The molecule has 0 bridgehead atoms. The lowest BCUT2D eigenvalue weighted by molar-refractivity contribution is -0.385. The van der Waals surface area contributed by atoms with Gasteiger partial charge in [-0.05, 0) is 0 Å². The van der Waals surface area contributed by atoms with Crippen LogP contribution in [0.1, 0.15) is 11.3 Å². The van der Waals surface area contributed by atoms with Gasteiger partial charge in [0.2, 0.25) is 0 Å². The molecule has 0 spiro atoms. The van der Waals surface area contributed by atoms with Crippen LogP contribution in [0.2, 0.25) is 0 Å². The average Bonchev–Trinajstić information content (AvgIpc) is 2.77. The zero-order valence-corrected chi connectivity index (χ0v) is 9.56. The number of nitrogens with zero attached hydrogens (tertiary/aromatic N) is 4. The van der Waals surface area contributed by atoms with Gasteiger partial charge in [0.25, 0.3) is 5.69 Å². The highest BCUT2D eigenvalue weighted by molar-refractivity contribution is 5.39. The molecule has 0 aliphatic carbocycles. The first kappa shape index (κ1) is 12.2. The molecule has 1 N–H and O–H groups in total. The second-order valence-corrected chi connectivity index (χ2v) is 3.77. The summed E-state index contributed by atoms with van der Waals surface area (Å²) in [6, 6.07) is 6.51. The molecule has 0 atom stereocenters. The third-order valence-electron chi connectivity index (χ3n) is 2.47. The number of nitro groups is 1. The fraction of sp³-hybridized carbons (Fsp3) is 0.273. The van der Waals surface area contributed by atoms with Gasteiger partial charge >= 0.3 is 0 Å². The molecule has 0 aliphatic heterocycles. The number of aromatic nitrogens is 3. The predicted molar refractivity (Wildman–Crippen MR) is 63.0 cm³/mol. The topological polar surface area (TPSA) is 94.1 Å². The number of aliphatic hydroxyl groups is 1. The summed E-state index contributed by atoms with van der Waals surface area (Å²) in [6.07, 6.45) is 2.10. The van der Waals surface area contributed by atoms with Crippen molar-refractivity contribution < 1.29 is 10.0 Å². The lowest BCUT2D eigenvalue weighted by atomic mass is 10.2. The van der Waals surface area contributed by atoms with E-state index in [9.17, 15) is 10.1 Å². The number of hydrogen-bond acceptors (Lipinski definition) is 5. The maximum absolute atomic E-state index is 10.8. The summed E-state index contributed by atoms with van der Waals surface area (Å²) in [6.45, 7) is 0.291. The SMILES string of the molecule is O=[N+]([O-])c1ccccc1Cn1cc(CCO)nn1. The van der Waals surface area contributed by atoms with Gasteiger partial charge in [-0.3, -0.25) is 10.1 Å². The van der Waals surface area contributed by atoms with Crippen LogP contribution < -0.4 is 0 Å². The van der Waals surface area contributed by atoms with Gasteiger partial charge in [0.15, 0.2) is 0 Å². The Hall–Kier alpha value is -2.28. The maximum atomic E-state index is 10.8. The number of para-hydroxylation sites is 1. The van der Waals surface area contributed by atoms with E-state index >= 15 is 0 Å². The van der Waals surface area contributed by atoms with Gasteiger partial charge in [0.05, 0.1) is 22.7 Å². The molecule has 2 rings (SSSR count). The summed E-state index contributed by atoms with van der Waals surface area (Å²) in [4.78, 5) is 10.4. The number of rotatable bonds is 5. The smallest absolute Gasteiger partial charge is 0.274 e. The van der Waals surface area contributed by atoms with Crippen LogP contribution in [0, 0.1) is 10.1 Å². The minimum absolute atomic E-state index is 0.00414. The fourth-order valence-electron chi connectivity index (χ4n) is 1.64. The normalized spacial score (nSPS) is 10.5. The van der Waals surface area contributed by atoms with E-state index in [1.165, 1.54) is 10.7 Å². The zero-order valence-electron chi connectivity index (χ0n) is 9.56. The Morgan fingerprint density at radius 2 is 2.17 bits per heavy atom. The Morgan fingerprint density at radius 3 is 2.89 bits per heavy atom. The van der Waals surface area contributed by atoms with Gasteiger partial charge in [-0.15, -0.1) is 5.10 Å². The average molecular weight is 248 g/mol. The molecule has 2 aromatic rings. The lowest BCUT2D eigenvalue weighted by Gasteiger charge is -2.01. The monoisotopic (exact) mass is 248 g/mol. The van der Waals surface area contributed by atoms with Crippen molar-refractivity contribution in [1.29, 1.82) is 0 Å². The Kier molecular flexibility index (Phi) is 3.63. The second-order valence-electron chi connectivity index (χ2n) is 3.77. The maximum Gasteiger partial charge on any atom is 0.274 e. The number of nitro benzene ring substituents is 1. The number of hydrogen-bond donors (Lipinski definition) is 1. The van der Waals surface area contributed by atoms with Crippen LogP contribution >= 0.6 is 0 Å². The van der Waals surface area contributed by atoms with Crippen molar-refractivity contribution in [3.63, 3.8) is 0 Å². The van der Waals surface area contributed by atoms with Crippen LogP contribution in [0.15, 0.2) is 30.5 Å². The standard InChI is InChI=1S/C11H12N4O3/c16-6-5-10-8-14(13-12-10)7-9-3-1-2-4-11(9)15(17)18/h1-4,8,16H,5-7H2. The third-order valence-corrected chi connectivity index (χ3v) is 2.47. The number of benzene rings is 1. The summed E-state index contributed by atoms with van der Waals surface area (Å²) in [7, 11) is 0. The third kappa shape index (κ3) is 2.69. The summed E-state index contributed by atoms with van der Waals surface area (Å²) < 4.78 is 1.52. The van der Waals surface area contributed by atoms with E-state index in [4.69, 9.17) is 5.11 Å². The highest BCUT2D eigenvalue weighted by Gasteiger charge is 2.13. The second kappa shape index (κ2) is 5.37. The van der Waals surface area contributed by atoms with Crippen molar-refractivity contribution in [2.24, 2.45) is 0 Å².